The minimum Gasteiger partial charge on any atom is -0.355 e. The molecule has 0 unspecified atom stereocenters. The molecule has 2 heterocycles. The number of alkyl halides is 2. The molecule has 1 aliphatic carbocycles. The zero-order valence-electron chi connectivity index (χ0n) is 16.1. The van der Waals surface area contributed by atoms with Gasteiger partial charge in [0.1, 0.15) is 5.82 Å². The predicted octanol–water partition coefficient (Wildman–Crippen LogP) is 2.15. The van der Waals surface area contributed by atoms with E-state index in [-0.39, 0.29) is 18.7 Å². The average Bonchev–Trinajstić information content (AvgIpc) is 2.97. The van der Waals surface area contributed by atoms with Gasteiger partial charge in [-0.2, -0.15) is 0 Å². The molecule has 2 fully saturated rings. The molecule has 0 aromatic carbocycles. The summed E-state index contributed by atoms with van der Waals surface area (Å²) in [5, 5.41) is 2.69. The van der Waals surface area contributed by atoms with Crippen LogP contribution in [0.4, 0.5) is 14.6 Å². The fourth-order valence-electron chi connectivity index (χ4n) is 3.89. The number of carbonyl (C=O) groups is 1. The Morgan fingerprint density at radius 2 is 1.92 bits per heavy atom. The smallest absolute Gasteiger partial charge is 0.289 e. The van der Waals surface area contributed by atoms with Crippen LogP contribution in [0.5, 0.6) is 0 Å². The maximum Gasteiger partial charge on any atom is 0.289 e. The topological polar surface area (TPSA) is 61.4 Å². The summed E-state index contributed by atoms with van der Waals surface area (Å²) < 4.78 is 26.4. The van der Waals surface area contributed by atoms with Crippen molar-refractivity contribution in [1.29, 1.82) is 0 Å². The quantitative estimate of drug-likeness (QED) is 0.884. The van der Waals surface area contributed by atoms with Gasteiger partial charge in [-0.15, -0.1) is 0 Å². The molecule has 8 heteroatoms. The summed E-state index contributed by atoms with van der Waals surface area (Å²) >= 11 is 0. The molecule has 1 saturated carbocycles. The molecular weight excluding hydrogens is 340 g/mol. The molecule has 0 radical (unpaired) electrons. The summed E-state index contributed by atoms with van der Waals surface area (Å²) in [6.07, 6.45) is 0.338. The van der Waals surface area contributed by atoms with Crippen molar-refractivity contribution in [2.24, 2.45) is 0 Å². The molecule has 1 N–H and O–H groups in total. The van der Waals surface area contributed by atoms with Crippen LogP contribution in [0.1, 0.15) is 48.1 Å². The van der Waals surface area contributed by atoms with Gasteiger partial charge < -0.3 is 15.1 Å². The van der Waals surface area contributed by atoms with Crippen LogP contribution in [0.15, 0.2) is 0 Å². The van der Waals surface area contributed by atoms with Gasteiger partial charge in [-0.3, -0.25) is 4.79 Å². The Kier molecular flexibility index (Phi) is 4.67. The second-order valence-electron chi connectivity index (χ2n) is 8.16. The van der Waals surface area contributed by atoms with Gasteiger partial charge in [0.25, 0.3) is 11.8 Å². The number of nitrogens with one attached hydrogen (secondary N) is 1. The van der Waals surface area contributed by atoms with E-state index in [2.05, 4.69) is 39.2 Å². The zero-order valence-corrected chi connectivity index (χ0v) is 16.1. The number of carbonyl (C=O) groups excluding carboxylic acids is 1. The van der Waals surface area contributed by atoms with Crippen LogP contribution in [-0.4, -0.2) is 65.5 Å². The van der Waals surface area contributed by atoms with E-state index in [1.165, 1.54) is 0 Å². The molecule has 144 valence electrons. The van der Waals surface area contributed by atoms with E-state index < -0.39 is 17.4 Å². The average molecular weight is 367 g/mol. The van der Waals surface area contributed by atoms with Crippen molar-refractivity contribution in [2.75, 3.05) is 32.1 Å². The SMILES string of the molecule is Cc1nc(C(=O)NC2(C)CC(F)(F)C2)nc(N2CC[C@@H](N(C)C)C2)c1C. The summed E-state index contributed by atoms with van der Waals surface area (Å²) in [5.41, 5.74) is 0.784. The van der Waals surface area contributed by atoms with Gasteiger partial charge >= 0.3 is 0 Å². The van der Waals surface area contributed by atoms with Crippen LogP contribution in [0, 0.1) is 13.8 Å². The Balaban J connectivity index is 1.79. The van der Waals surface area contributed by atoms with Gasteiger partial charge in [0.15, 0.2) is 0 Å². The lowest BCUT2D eigenvalue weighted by atomic mass is 9.75. The molecule has 1 aromatic heterocycles. The van der Waals surface area contributed by atoms with Crippen LogP contribution in [0.2, 0.25) is 0 Å². The number of nitrogens with zero attached hydrogens (tertiary/aromatic N) is 4. The zero-order chi connectivity index (χ0) is 19.3. The number of hydrogen-bond donors (Lipinski definition) is 1. The Bertz CT molecular complexity index is 714. The van der Waals surface area contributed by atoms with E-state index in [0.29, 0.717) is 6.04 Å². The number of anilines is 1. The maximum absolute atomic E-state index is 13.2. The van der Waals surface area contributed by atoms with Crippen molar-refractivity contribution in [2.45, 2.75) is 57.5 Å². The van der Waals surface area contributed by atoms with Crippen molar-refractivity contribution >= 4 is 11.7 Å². The van der Waals surface area contributed by atoms with E-state index in [1.54, 1.807) is 6.92 Å². The second-order valence-corrected chi connectivity index (χ2v) is 8.16. The first-order chi connectivity index (χ1) is 12.0. The monoisotopic (exact) mass is 367 g/mol. The molecule has 1 amide bonds. The van der Waals surface area contributed by atoms with E-state index >= 15 is 0 Å². The highest BCUT2D eigenvalue weighted by atomic mass is 19.3. The third kappa shape index (κ3) is 3.65. The summed E-state index contributed by atoms with van der Waals surface area (Å²) in [6, 6.07) is 0.443. The normalized spacial score (nSPS) is 23.8. The molecule has 0 spiro atoms. The van der Waals surface area contributed by atoms with E-state index in [1.807, 2.05) is 13.8 Å². The standard InChI is InChI=1S/C18H27F2N5O/c1-11-12(2)21-14(16(26)23-17(3)9-18(19,20)10-17)22-15(11)25-7-6-13(8-25)24(4)5/h13H,6-10H2,1-5H3,(H,23,26)/t13-/m1/s1. The first kappa shape index (κ1) is 18.9. The lowest BCUT2D eigenvalue weighted by Crippen LogP contribution is -2.60. The minimum atomic E-state index is -2.70. The van der Waals surface area contributed by atoms with Crippen molar-refractivity contribution < 1.29 is 13.6 Å². The van der Waals surface area contributed by atoms with Crippen molar-refractivity contribution in [3.05, 3.63) is 17.1 Å². The van der Waals surface area contributed by atoms with Crippen LogP contribution in [0.25, 0.3) is 0 Å². The first-order valence-electron chi connectivity index (χ1n) is 8.97. The third-order valence-corrected chi connectivity index (χ3v) is 5.47. The molecular formula is C18H27F2N5O. The summed E-state index contributed by atoms with van der Waals surface area (Å²) in [6.45, 7) is 7.13. The lowest BCUT2D eigenvalue weighted by molar-refractivity contribution is -0.124. The van der Waals surface area contributed by atoms with Crippen molar-refractivity contribution in [1.82, 2.24) is 20.2 Å². The second kappa shape index (κ2) is 6.40. The maximum atomic E-state index is 13.2. The fraction of sp³-hybridized carbons (Fsp3) is 0.722. The highest BCUT2D eigenvalue weighted by Gasteiger charge is 2.54. The molecule has 1 saturated heterocycles. The number of rotatable bonds is 4. The first-order valence-corrected chi connectivity index (χ1v) is 8.97. The van der Waals surface area contributed by atoms with Gasteiger partial charge in [0, 0.05) is 48.8 Å². The number of aromatic nitrogens is 2. The fourth-order valence-corrected chi connectivity index (χ4v) is 3.89. The minimum absolute atomic E-state index is 0.0489. The number of aryl methyl sites for hydroxylation is 1. The molecule has 6 nitrogen and oxygen atoms in total. The Hall–Kier alpha value is -1.83. The van der Waals surface area contributed by atoms with Crippen molar-refractivity contribution in [3.63, 3.8) is 0 Å². The van der Waals surface area contributed by atoms with Gasteiger partial charge in [-0.25, -0.2) is 18.7 Å². The van der Waals surface area contributed by atoms with Crippen LogP contribution < -0.4 is 10.2 Å². The third-order valence-electron chi connectivity index (χ3n) is 5.47. The van der Waals surface area contributed by atoms with Gasteiger partial charge in [-0.05, 0) is 41.3 Å². The van der Waals surface area contributed by atoms with E-state index in [0.717, 1.165) is 36.6 Å². The van der Waals surface area contributed by atoms with Crippen molar-refractivity contribution in [3.8, 4) is 0 Å². The van der Waals surface area contributed by atoms with Gasteiger partial charge in [0.05, 0.1) is 0 Å². The number of amides is 1. The van der Waals surface area contributed by atoms with Crippen LogP contribution in [-0.2, 0) is 0 Å². The van der Waals surface area contributed by atoms with E-state index in [4.69, 9.17) is 0 Å². The molecule has 1 atom stereocenters. The summed E-state index contributed by atoms with van der Waals surface area (Å²) in [7, 11) is 4.11. The number of hydrogen-bond acceptors (Lipinski definition) is 5. The molecule has 1 aliphatic heterocycles. The van der Waals surface area contributed by atoms with Gasteiger partial charge in [0.2, 0.25) is 5.82 Å². The van der Waals surface area contributed by atoms with Crippen LogP contribution in [0.3, 0.4) is 0 Å². The highest BCUT2D eigenvalue weighted by molar-refractivity contribution is 5.91. The lowest BCUT2D eigenvalue weighted by Gasteiger charge is -2.45. The Morgan fingerprint density at radius 1 is 1.27 bits per heavy atom. The number of likely N-dealkylation sites (N-methyl/N-ethyl adjacent to an activating group) is 1. The largest absolute Gasteiger partial charge is 0.355 e. The van der Waals surface area contributed by atoms with Crippen LogP contribution >= 0.6 is 0 Å². The number of halogens is 2. The molecule has 26 heavy (non-hydrogen) atoms. The summed E-state index contributed by atoms with van der Waals surface area (Å²) in [4.78, 5) is 25.7. The molecule has 3 rings (SSSR count). The highest BCUT2D eigenvalue weighted by Crippen LogP contribution is 2.45. The van der Waals surface area contributed by atoms with Gasteiger partial charge in [-0.1, -0.05) is 0 Å². The predicted molar refractivity (Wildman–Crippen MR) is 95.9 cm³/mol. The Labute approximate surface area is 153 Å². The molecule has 1 aromatic rings. The molecule has 0 bridgehead atoms. The Morgan fingerprint density at radius 3 is 2.46 bits per heavy atom. The van der Waals surface area contributed by atoms with E-state index in [9.17, 15) is 13.6 Å². The summed E-state index contributed by atoms with van der Waals surface area (Å²) in [5.74, 6) is -2.38. The molecule has 2 aliphatic rings.